The molecule has 0 radical (unpaired) electrons. The van der Waals surface area contributed by atoms with Crippen LogP contribution in [0.15, 0.2) is 0 Å². The lowest BCUT2D eigenvalue weighted by molar-refractivity contribution is -0.253. The first kappa shape index (κ1) is 27.2. The van der Waals surface area contributed by atoms with Crippen LogP contribution in [-0.2, 0) is 0 Å². The number of hydrogen-bond donors (Lipinski definition) is 2. The van der Waals surface area contributed by atoms with Gasteiger partial charge in [-0.2, -0.15) is 0 Å². The number of thioether (sulfide) groups is 1. The molecule has 0 saturated carbocycles. The predicted molar refractivity (Wildman–Crippen MR) is 122 cm³/mol. The van der Waals surface area contributed by atoms with Crippen LogP contribution in [0, 0.1) is 0 Å². The summed E-state index contributed by atoms with van der Waals surface area (Å²) in [5.74, 6) is -1.71. The molecule has 0 amide bonds. The zero-order valence-corrected chi connectivity index (χ0v) is 19.7. The van der Waals surface area contributed by atoms with Gasteiger partial charge in [-0.15, -0.1) is 11.8 Å². The molecule has 1 unspecified atom stereocenters. The summed E-state index contributed by atoms with van der Waals surface area (Å²) >= 11 is 1.65. The normalized spacial score (nSPS) is 13.4. The Hall–Kier alpha value is 0.230. The zero-order valence-electron chi connectivity index (χ0n) is 18.8. The molecule has 0 aliphatic carbocycles. The average molecular weight is 404 g/mol. The third kappa shape index (κ3) is 16.9. The van der Waals surface area contributed by atoms with E-state index in [1.54, 1.807) is 16.7 Å². The van der Waals surface area contributed by atoms with Crippen molar-refractivity contribution in [3.05, 3.63) is 0 Å². The molecule has 27 heavy (non-hydrogen) atoms. The number of aliphatic hydroxyl groups is 2. The summed E-state index contributed by atoms with van der Waals surface area (Å²) in [6.45, 7) is 6.53. The highest BCUT2D eigenvalue weighted by Gasteiger charge is 2.29. The molecule has 0 saturated heterocycles. The molecule has 0 heterocycles. The van der Waals surface area contributed by atoms with Crippen LogP contribution in [0.5, 0.6) is 0 Å². The summed E-state index contributed by atoms with van der Waals surface area (Å²) in [6, 6.07) is 0. The largest absolute Gasteiger partial charge is 0.353 e. The van der Waals surface area contributed by atoms with Crippen molar-refractivity contribution in [3.8, 4) is 0 Å². The van der Waals surface area contributed by atoms with Crippen molar-refractivity contribution < 1.29 is 10.2 Å². The number of nitrogens with zero attached hydrogens (tertiary/aromatic N) is 1. The highest BCUT2D eigenvalue weighted by Crippen LogP contribution is 2.21. The summed E-state index contributed by atoms with van der Waals surface area (Å²) in [4.78, 5) is 1.78. The first-order chi connectivity index (χ1) is 12.9. The molecular formula is C23H49NO2S. The summed E-state index contributed by atoms with van der Waals surface area (Å²) in [6.07, 6.45) is 23.8. The monoisotopic (exact) mass is 403 g/mol. The predicted octanol–water partition coefficient (Wildman–Crippen LogP) is 6.92. The van der Waals surface area contributed by atoms with Crippen LogP contribution in [0.3, 0.4) is 0 Å². The first-order valence-corrected chi connectivity index (χ1v) is 13.0. The molecule has 0 fully saturated rings. The molecule has 0 aromatic rings. The van der Waals surface area contributed by atoms with Crippen molar-refractivity contribution >= 4 is 11.8 Å². The van der Waals surface area contributed by atoms with Crippen molar-refractivity contribution in [1.82, 2.24) is 4.90 Å². The maximum Gasteiger partial charge on any atom is 0.222 e. The molecule has 0 aromatic heterocycles. The minimum atomic E-state index is -1.71. The van der Waals surface area contributed by atoms with Gasteiger partial charge in [-0.3, -0.25) is 0 Å². The summed E-state index contributed by atoms with van der Waals surface area (Å²) in [5.41, 5.74) is 0. The van der Waals surface area contributed by atoms with Crippen LogP contribution < -0.4 is 0 Å². The molecule has 2 N–H and O–H groups in total. The van der Waals surface area contributed by atoms with Gasteiger partial charge in [-0.05, 0) is 19.6 Å². The second-order valence-corrected chi connectivity index (χ2v) is 9.46. The number of hydrogen-bond acceptors (Lipinski definition) is 4. The molecule has 0 bridgehead atoms. The lowest BCUT2D eigenvalue weighted by Gasteiger charge is -2.36. The summed E-state index contributed by atoms with van der Waals surface area (Å²) in [7, 11) is 0. The van der Waals surface area contributed by atoms with E-state index in [1.165, 1.54) is 103 Å². The van der Waals surface area contributed by atoms with Gasteiger partial charge in [0.15, 0.2) is 0 Å². The van der Waals surface area contributed by atoms with E-state index in [9.17, 15) is 10.2 Å². The Morgan fingerprint density at radius 2 is 1.04 bits per heavy atom. The van der Waals surface area contributed by atoms with Crippen LogP contribution >= 0.6 is 11.8 Å². The fourth-order valence-electron chi connectivity index (χ4n) is 3.70. The van der Waals surface area contributed by atoms with Gasteiger partial charge in [0.25, 0.3) is 0 Å². The molecule has 164 valence electrons. The second kappa shape index (κ2) is 18.3. The molecule has 3 nitrogen and oxygen atoms in total. The number of unbranched alkanes of at least 4 members (excludes halogenated alkanes) is 15. The molecule has 0 aromatic carbocycles. The van der Waals surface area contributed by atoms with Crippen molar-refractivity contribution in [2.45, 2.75) is 135 Å². The molecule has 0 aliphatic heterocycles. The highest BCUT2D eigenvalue weighted by atomic mass is 32.2. The van der Waals surface area contributed by atoms with Crippen LogP contribution in [-0.4, -0.2) is 39.2 Å². The smallest absolute Gasteiger partial charge is 0.222 e. The third-order valence-electron chi connectivity index (χ3n) is 5.58. The van der Waals surface area contributed by atoms with E-state index in [4.69, 9.17) is 0 Å². The van der Waals surface area contributed by atoms with Crippen molar-refractivity contribution in [1.29, 1.82) is 0 Å². The van der Waals surface area contributed by atoms with E-state index < -0.39 is 5.91 Å². The van der Waals surface area contributed by atoms with Gasteiger partial charge in [0.2, 0.25) is 5.91 Å². The molecule has 1 atom stereocenters. The Kier molecular flexibility index (Phi) is 18.4. The molecule has 0 rings (SSSR count). The SMILES string of the molecule is CCCCCCCCCCCCCCCCCCN(C(C)SC)C(C)(O)O. The van der Waals surface area contributed by atoms with Gasteiger partial charge in [0.05, 0.1) is 5.37 Å². The van der Waals surface area contributed by atoms with Crippen molar-refractivity contribution in [2.24, 2.45) is 0 Å². The van der Waals surface area contributed by atoms with Crippen molar-refractivity contribution in [2.75, 3.05) is 12.8 Å². The minimum absolute atomic E-state index is 0.126. The van der Waals surface area contributed by atoms with E-state index >= 15 is 0 Å². The van der Waals surface area contributed by atoms with Gasteiger partial charge in [0.1, 0.15) is 0 Å². The van der Waals surface area contributed by atoms with Crippen LogP contribution in [0.1, 0.15) is 124 Å². The number of rotatable bonds is 20. The average Bonchev–Trinajstić information content (AvgIpc) is 2.62. The third-order valence-corrected chi connectivity index (χ3v) is 6.51. The fraction of sp³-hybridized carbons (Fsp3) is 1.00. The lowest BCUT2D eigenvalue weighted by Crippen LogP contribution is -2.50. The van der Waals surface area contributed by atoms with Gasteiger partial charge in [0, 0.05) is 13.5 Å². The highest BCUT2D eigenvalue weighted by molar-refractivity contribution is 7.99. The minimum Gasteiger partial charge on any atom is -0.353 e. The Morgan fingerprint density at radius 3 is 1.33 bits per heavy atom. The Balaban J connectivity index is 3.38. The van der Waals surface area contributed by atoms with E-state index in [-0.39, 0.29) is 5.37 Å². The van der Waals surface area contributed by atoms with E-state index in [2.05, 4.69) is 6.92 Å². The van der Waals surface area contributed by atoms with Gasteiger partial charge in [-0.25, -0.2) is 4.90 Å². The first-order valence-electron chi connectivity index (χ1n) is 11.7. The molecule has 0 spiro atoms. The van der Waals surface area contributed by atoms with E-state index in [1.807, 2.05) is 13.2 Å². The van der Waals surface area contributed by atoms with E-state index in [0.29, 0.717) is 0 Å². The maximum atomic E-state index is 9.87. The van der Waals surface area contributed by atoms with Gasteiger partial charge < -0.3 is 10.2 Å². The summed E-state index contributed by atoms with van der Waals surface area (Å²) in [5, 5.41) is 19.9. The second-order valence-electron chi connectivity index (χ2n) is 8.30. The Labute approximate surface area is 174 Å². The lowest BCUT2D eigenvalue weighted by atomic mass is 10.0. The zero-order chi connectivity index (χ0) is 20.4. The van der Waals surface area contributed by atoms with Gasteiger partial charge >= 0.3 is 0 Å². The Morgan fingerprint density at radius 1 is 0.704 bits per heavy atom. The van der Waals surface area contributed by atoms with Crippen LogP contribution in [0.25, 0.3) is 0 Å². The summed E-state index contributed by atoms with van der Waals surface area (Å²) < 4.78 is 0. The van der Waals surface area contributed by atoms with Crippen molar-refractivity contribution in [3.63, 3.8) is 0 Å². The fourth-order valence-corrected chi connectivity index (χ4v) is 4.26. The van der Waals surface area contributed by atoms with Crippen LogP contribution in [0.4, 0.5) is 0 Å². The standard InChI is InChI=1S/C23H49NO2S/c1-5-6-7-8-9-10-11-12-13-14-15-16-17-18-19-20-21-24(22(2)27-4)23(3,25)26/h22,25-26H,5-21H2,1-4H3. The quantitative estimate of drug-likeness (QED) is 0.171. The van der Waals surface area contributed by atoms with Crippen LogP contribution in [0.2, 0.25) is 0 Å². The van der Waals surface area contributed by atoms with Gasteiger partial charge in [-0.1, -0.05) is 103 Å². The topological polar surface area (TPSA) is 43.7 Å². The molecule has 0 aliphatic rings. The Bertz CT molecular complexity index is 307. The van der Waals surface area contributed by atoms with E-state index in [0.717, 1.165) is 13.0 Å². The molecule has 4 heteroatoms. The maximum absolute atomic E-state index is 9.87. The molecular weight excluding hydrogens is 354 g/mol.